The van der Waals surface area contributed by atoms with Gasteiger partial charge in [0.15, 0.2) is 5.69 Å². The summed E-state index contributed by atoms with van der Waals surface area (Å²) in [5.41, 5.74) is 1.08. The van der Waals surface area contributed by atoms with E-state index in [0.29, 0.717) is 6.20 Å². The van der Waals surface area contributed by atoms with Crippen LogP contribution < -0.4 is 15.9 Å². The Balaban J connectivity index is 3.46. The minimum atomic E-state index is -5.42. The van der Waals surface area contributed by atoms with Gasteiger partial charge in [0.05, 0.1) is 0 Å². The molecule has 0 saturated heterocycles. The van der Waals surface area contributed by atoms with Crippen molar-refractivity contribution in [3.8, 4) is 5.75 Å². The molecule has 1 aromatic rings. The summed E-state index contributed by atoms with van der Waals surface area (Å²) in [6.45, 7) is -0.526. The lowest BCUT2D eigenvalue weighted by Gasteiger charge is -2.15. The Kier molecular flexibility index (Phi) is 3.60. The fraction of sp³-hybridized carbons (Fsp3) is 0.375. The van der Waals surface area contributed by atoms with Crippen molar-refractivity contribution in [3.05, 3.63) is 27.7 Å². The van der Waals surface area contributed by atoms with Crippen molar-refractivity contribution < 1.29 is 31.1 Å². The van der Waals surface area contributed by atoms with Crippen LogP contribution in [0.15, 0.2) is 11.0 Å². The average molecular weight is 276 g/mol. The van der Waals surface area contributed by atoms with Gasteiger partial charge in [-0.15, -0.1) is 13.2 Å². The molecule has 10 heteroatoms. The molecule has 3 N–H and O–H groups in total. The number of hydrogen-bond acceptors (Lipinski definition) is 3. The van der Waals surface area contributed by atoms with E-state index < -0.39 is 41.5 Å². The van der Waals surface area contributed by atoms with Crippen molar-refractivity contribution in [2.45, 2.75) is 19.1 Å². The standard InChI is InChI=1S/C8H6F6N2O2/c9-7(10,11)6-5(18-8(12,13)14)4(17)3(1-15)2-16-6/h2H,1,15H2,(H,16,17). The molecule has 102 valence electrons. The smallest absolute Gasteiger partial charge is 0.399 e. The van der Waals surface area contributed by atoms with E-state index in [1.165, 1.54) is 4.98 Å². The number of alkyl halides is 6. The third-order valence-electron chi connectivity index (χ3n) is 1.84. The summed E-state index contributed by atoms with van der Waals surface area (Å²) in [5.74, 6) is -1.86. The van der Waals surface area contributed by atoms with Crippen molar-refractivity contribution in [2.24, 2.45) is 5.73 Å². The minimum absolute atomic E-state index is 0.456. The number of pyridine rings is 1. The third kappa shape index (κ3) is 3.15. The van der Waals surface area contributed by atoms with Gasteiger partial charge in [-0.2, -0.15) is 13.2 Å². The molecule has 18 heavy (non-hydrogen) atoms. The van der Waals surface area contributed by atoms with Crippen molar-refractivity contribution in [1.29, 1.82) is 0 Å². The Bertz CT molecular complexity index is 490. The first-order valence-corrected chi connectivity index (χ1v) is 4.34. The summed E-state index contributed by atoms with van der Waals surface area (Å²) in [6, 6.07) is 0. The second kappa shape index (κ2) is 4.52. The molecule has 0 amide bonds. The average Bonchev–Trinajstić information content (AvgIpc) is 2.17. The second-order valence-electron chi connectivity index (χ2n) is 3.10. The zero-order valence-electron chi connectivity index (χ0n) is 8.45. The van der Waals surface area contributed by atoms with E-state index >= 15 is 0 Å². The molecule has 0 aliphatic carbocycles. The summed E-state index contributed by atoms with van der Waals surface area (Å²) in [6.07, 6.45) is -10.0. The Morgan fingerprint density at radius 3 is 2.17 bits per heavy atom. The molecular formula is C8H6F6N2O2. The molecule has 0 atom stereocenters. The number of halogens is 6. The second-order valence-corrected chi connectivity index (χ2v) is 3.10. The quantitative estimate of drug-likeness (QED) is 0.808. The lowest BCUT2D eigenvalue weighted by molar-refractivity contribution is -0.277. The number of aromatic nitrogens is 1. The Morgan fingerprint density at radius 1 is 1.22 bits per heavy atom. The summed E-state index contributed by atoms with van der Waals surface area (Å²) in [4.78, 5) is 12.9. The van der Waals surface area contributed by atoms with Gasteiger partial charge in [-0.1, -0.05) is 0 Å². The van der Waals surface area contributed by atoms with Gasteiger partial charge in [-0.3, -0.25) is 4.79 Å². The SMILES string of the molecule is NCc1c[nH]c(C(F)(F)F)c(OC(F)(F)F)c1=O. The Labute approximate surface area is 95.4 Å². The molecule has 0 aliphatic rings. The van der Waals surface area contributed by atoms with Gasteiger partial charge < -0.3 is 15.5 Å². The van der Waals surface area contributed by atoms with Gasteiger partial charge in [-0.25, -0.2) is 0 Å². The molecule has 1 heterocycles. The molecule has 0 radical (unpaired) electrons. The first-order valence-electron chi connectivity index (χ1n) is 4.34. The zero-order valence-corrected chi connectivity index (χ0v) is 8.45. The van der Waals surface area contributed by atoms with Gasteiger partial charge in [0.1, 0.15) is 0 Å². The van der Waals surface area contributed by atoms with Crippen LogP contribution in [0.4, 0.5) is 26.3 Å². The molecule has 1 aromatic heterocycles. The van der Waals surface area contributed by atoms with Crippen LogP contribution in [0.2, 0.25) is 0 Å². The summed E-state index contributed by atoms with van der Waals surface area (Å²) in [5, 5.41) is 0. The van der Waals surface area contributed by atoms with Crippen LogP contribution in [0.1, 0.15) is 11.3 Å². The topological polar surface area (TPSA) is 68.1 Å². The first-order chi connectivity index (χ1) is 8.06. The third-order valence-corrected chi connectivity index (χ3v) is 1.84. The molecule has 0 aromatic carbocycles. The van der Waals surface area contributed by atoms with E-state index in [0.717, 1.165) is 0 Å². The number of nitrogens with two attached hydrogens (primary N) is 1. The summed E-state index contributed by atoms with van der Waals surface area (Å²) >= 11 is 0. The van der Waals surface area contributed by atoms with Crippen LogP contribution in [0.3, 0.4) is 0 Å². The first kappa shape index (κ1) is 14.4. The fourth-order valence-corrected chi connectivity index (χ4v) is 1.13. The van der Waals surface area contributed by atoms with E-state index in [1.807, 2.05) is 0 Å². The highest BCUT2D eigenvalue weighted by molar-refractivity contribution is 5.33. The van der Waals surface area contributed by atoms with Crippen LogP contribution in [-0.4, -0.2) is 11.3 Å². The van der Waals surface area contributed by atoms with E-state index in [4.69, 9.17) is 5.73 Å². The molecule has 0 saturated carbocycles. The van der Waals surface area contributed by atoms with Crippen LogP contribution >= 0.6 is 0 Å². The highest BCUT2D eigenvalue weighted by Gasteiger charge is 2.42. The molecule has 0 spiro atoms. The lowest BCUT2D eigenvalue weighted by Crippen LogP contribution is -2.28. The van der Waals surface area contributed by atoms with Crippen LogP contribution in [0.5, 0.6) is 5.75 Å². The van der Waals surface area contributed by atoms with E-state index in [-0.39, 0.29) is 0 Å². The highest BCUT2D eigenvalue weighted by atomic mass is 19.4. The fourth-order valence-electron chi connectivity index (χ4n) is 1.13. The normalized spacial score (nSPS) is 12.6. The van der Waals surface area contributed by atoms with Crippen molar-refractivity contribution >= 4 is 0 Å². The van der Waals surface area contributed by atoms with Crippen molar-refractivity contribution in [3.63, 3.8) is 0 Å². The molecule has 0 aliphatic heterocycles. The molecule has 0 unspecified atom stereocenters. The van der Waals surface area contributed by atoms with Gasteiger partial charge in [-0.05, 0) is 0 Å². The number of ether oxygens (including phenoxy) is 1. The number of aromatic amines is 1. The van der Waals surface area contributed by atoms with Gasteiger partial charge in [0.25, 0.3) is 0 Å². The van der Waals surface area contributed by atoms with Gasteiger partial charge in [0.2, 0.25) is 11.2 Å². The summed E-state index contributed by atoms with van der Waals surface area (Å²) < 4.78 is 76.1. The predicted molar refractivity (Wildman–Crippen MR) is 46.6 cm³/mol. The molecule has 1 rings (SSSR count). The number of rotatable bonds is 2. The number of hydrogen-bond donors (Lipinski definition) is 2. The van der Waals surface area contributed by atoms with E-state index in [2.05, 4.69) is 4.74 Å². The van der Waals surface area contributed by atoms with E-state index in [9.17, 15) is 31.1 Å². The molecule has 4 nitrogen and oxygen atoms in total. The van der Waals surface area contributed by atoms with Crippen LogP contribution in [-0.2, 0) is 12.7 Å². The van der Waals surface area contributed by atoms with Gasteiger partial charge >= 0.3 is 12.5 Å². The Morgan fingerprint density at radius 2 is 1.78 bits per heavy atom. The maximum absolute atomic E-state index is 12.4. The predicted octanol–water partition coefficient (Wildman–Crippen LogP) is 1.75. The maximum atomic E-state index is 12.4. The van der Waals surface area contributed by atoms with Crippen molar-refractivity contribution in [1.82, 2.24) is 4.98 Å². The van der Waals surface area contributed by atoms with Crippen LogP contribution in [0.25, 0.3) is 0 Å². The molecule has 0 bridgehead atoms. The monoisotopic (exact) mass is 276 g/mol. The molecule has 0 fully saturated rings. The zero-order chi connectivity index (χ0) is 14.1. The molecular weight excluding hydrogens is 270 g/mol. The van der Waals surface area contributed by atoms with E-state index in [1.54, 1.807) is 0 Å². The van der Waals surface area contributed by atoms with Gasteiger partial charge in [0, 0.05) is 18.3 Å². The van der Waals surface area contributed by atoms with Crippen molar-refractivity contribution in [2.75, 3.05) is 0 Å². The Hall–Kier alpha value is -1.71. The summed E-state index contributed by atoms with van der Waals surface area (Å²) in [7, 11) is 0. The number of nitrogens with one attached hydrogen (secondary N) is 1. The number of H-pyrrole nitrogens is 1. The van der Waals surface area contributed by atoms with Crippen LogP contribution in [0, 0.1) is 0 Å². The maximum Gasteiger partial charge on any atom is 0.573 e. The minimum Gasteiger partial charge on any atom is -0.399 e. The highest BCUT2D eigenvalue weighted by Crippen LogP contribution is 2.34. The largest absolute Gasteiger partial charge is 0.573 e. The lowest BCUT2D eigenvalue weighted by atomic mass is 10.2.